The van der Waals surface area contributed by atoms with Crippen LogP contribution in [0.1, 0.15) is 200 Å². The van der Waals surface area contributed by atoms with Gasteiger partial charge in [0.1, 0.15) is 48.5 Å². The van der Waals surface area contributed by atoms with Crippen molar-refractivity contribution in [2.24, 2.45) is 0 Å². The summed E-state index contributed by atoms with van der Waals surface area (Å²) in [5, 5.41) is 31.9. The number of phosphoric acid groups is 3. The molecule has 8 atom stereocenters. The number of rotatable bonds is 42. The molecule has 0 saturated heterocycles. The fourth-order valence-electron chi connectivity index (χ4n) is 7.73. The molecule has 0 aromatic heterocycles. The summed E-state index contributed by atoms with van der Waals surface area (Å²) < 4.78 is 65.4. The average Bonchev–Trinajstić information content (AvgIpc) is 3.23. The minimum atomic E-state index is -5.61. The predicted octanol–water partition coefficient (Wildman–Crippen LogP) is 7.92. The van der Waals surface area contributed by atoms with Gasteiger partial charge in [-0.05, 0) is 25.7 Å². The lowest BCUT2D eigenvalue weighted by Crippen LogP contribution is -2.65. The van der Waals surface area contributed by atoms with Crippen LogP contribution in [0.2, 0.25) is 0 Å². The smallest absolute Gasteiger partial charge is 0.466 e. The van der Waals surface area contributed by atoms with E-state index in [-0.39, 0.29) is 13.0 Å². The van der Waals surface area contributed by atoms with Crippen LogP contribution in [0, 0.1) is 0 Å². The minimum Gasteiger partial charge on any atom is -0.466 e. The van der Waals surface area contributed by atoms with E-state index >= 15 is 0 Å². The molecule has 0 aromatic rings. The molecule has 0 spiro atoms. The van der Waals surface area contributed by atoms with Crippen LogP contribution < -0.4 is 0 Å². The van der Waals surface area contributed by atoms with Gasteiger partial charge in [0.2, 0.25) is 0 Å². The molecule has 0 aromatic carbocycles. The van der Waals surface area contributed by atoms with Crippen LogP contribution >= 0.6 is 23.5 Å². The molecule has 0 bridgehead atoms. The number of esters is 2. The molecule has 4 unspecified atom stereocenters. The van der Waals surface area contributed by atoms with Gasteiger partial charge in [0.15, 0.2) is 0 Å². The maximum absolute atomic E-state index is 13.1. The quantitative estimate of drug-likeness (QED) is 0.0163. The van der Waals surface area contributed by atoms with Gasteiger partial charge in [0, 0.05) is 19.3 Å². The molecular formula is C43H83O20P3. The van der Waals surface area contributed by atoms with Gasteiger partial charge in [-0.15, -0.1) is 0 Å². The molecule has 0 radical (unpaired) electrons. The molecule has 0 amide bonds. The number of ketones is 1. The third kappa shape index (κ3) is 31.9. The van der Waals surface area contributed by atoms with Crippen LogP contribution in [0.4, 0.5) is 0 Å². The van der Waals surface area contributed by atoms with E-state index in [0.29, 0.717) is 31.5 Å². The highest BCUT2D eigenvalue weighted by Gasteiger charge is 2.56. The van der Waals surface area contributed by atoms with Gasteiger partial charge in [-0.2, -0.15) is 0 Å². The first-order chi connectivity index (χ1) is 31.2. The van der Waals surface area contributed by atoms with Gasteiger partial charge in [-0.3, -0.25) is 32.5 Å². The van der Waals surface area contributed by atoms with Crippen molar-refractivity contribution in [3.05, 3.63) is 0 Å². The Bertz CT molecular complexity index is 1460. The van der Waals surface area contributed by atoms with Gasteiger partial charge in [0.05, 0.1) is 19.6 Å². The molecular weight excluding hydrogens is 929 g/mol. The van der Waals surface area contributed by atoms with E-state index in [1.54, 1.807) is 0 Å². The van der Waals surface area contributed by atoms with Crippen LogP contribution in [0.5, 0.6) is 0 Å². The number of carbonyl (C=O) groups is 3. The lowest BCUT2D eigenvalue weighted by Gasteiger charge is -2.44. The summed E-state index contributed by atoms with van der Waals surface area (Å²) in [4.78, 5) is 85.0. The van der Waals surface area contributed by atoms with Gasteiger partial charge >= 0.3 is 35.4 Å². The number of hydrogen-bond acceptors (Lipinski definition) is 15. The number of hydrogen-bond donors (Lipinski definition) is 8. The lowest BCUT2D eigenvalue weighted by molar-refractivity contribution is -0.213. The third-order valence-corrected chi connectivity index (χ3v) is 13.3. The standard InChI is InChI=1S/C43H83O20P3/c1-3-5-6-7-8-9-10-11-14-17-20-23-26-30-36(45)60-35(32-37(46)58-31-27-24-21-18-15-12-13-16-19-22-25-29-34(44)28-4-2)33-59-66(56,57)63-41-38(47)39(48)42(61-64(50,51)52)43(40(41)49)62-65(53,54)55/h35,38-43,47-49H,3-33H2,1-2H3,(H,56,57)(H2,50,51,52)(H2,53,54,55)/t35-,38?,39+,40-,41?,42?,43-/m1/s1. The first-order valence-electron chi connectivity index (χ1n) is 24.2. The Kier molecular flexibility index (Phi) is 34.1. The number of aliphatic hydroxyl groups excluding tert-OH is 3. The molecule has 66 heavy (non-hydrogen) atoms. The third-order valence-electron chi connectivity index (χ3n) is 11.3. The molecule has 1 fully saturated rings. The largest absolute Gasteiger partial charge is 0.472 e. The highest BCUT2D eigenvalue weighted by atomic mass is 31.2. The summed E-state index contributed by atoms with van der Waals surface area (Å²) in [5.41, 5.74) is 0. The normalized spacial score (nSPS) is 21.6. The van der Waals surface area contributed by atoms with Crippen LogP contribution in [0.3, 0.4) is 0 Å². The molecule has 0 aliphatic heterocycles. The zero-order valence-electron chi connectivity index (χ0n) is 39.3. The number of ether oxygens (including phenoxy) is 2. The highest BCUT2D eigenvalue weighted by molar-refractivity contribution is 7.47. The Morgan fingerprint density at radius 2 is 0.879 bits per heavy atom. The Labute approximate surface area is 391 Å². The van der Waals surface area contributed by atoms with Gasteiger partial charge in [-0.1, -0.05) is 149 Å². The molecule has 1 rings (SSSR count). The summed E-state index contributed by atoms with van der Waals surface area (Å²) >= 11 is 0. The van der Waals surface area contributed by atoms with E-state index in [2.05, 4.69) is 16.0 Å². The van der Waals surface area contributed by atoms with Crippen molar-refractivity contribution in [3.8, 4) is 0 Å². The zero-order chi connectivity index (χ0) is 49.4. The number of Topliss-reactive ketones (excluding diaryl/α,β-unsaturated/α-hetero) is 1. The molecule has 23 heteroatoms. The maximum Gasteiger partial charge on any atom is 0.472 e. The van der Waals surface area contributed by atoms with Crippen LogP contribution in [0.25, 0.3) is 0 Å². The molecule has 20 nitrogen and oxygen atoms in total. The van der Waals surface area contributed by atoms with Crippen LogP contribution in [-0.2, 0) is 55.6 Å². The SMILES string of the molecule is CCCCCCCCCCCCCCCC(=O)O[C@@H](COP(=O)(O)OC1C(O)[C@H](O)C(OP(=O)(O)O)[C@H](OP(=O)(O)O)[C@@H]1O)CC(=O)OCCCCCCCCCCCCCC(=O)CCC. The summed E-state index contributed by atoms with van der Waals surface area (Å²) in [7, 11) is -16.6. The Morgan fingerprint density at radius 3 is 1.33 bits per heavy atom. The van der Waals surface area contributed by atoms with E-state index in [1.807, 2.05) is 6.92 Å². The van der Waals surface area contributed by atoms with Crippen LogP contribution in [0.15, 0.2) is 0 Å². The Hall–Kier alpha value is -1.18. The second-order valence-electron chi connectivity index (χ2n) is 17.4. The number of unbranched alkanes of at least 4 members (excludes halogenated alkanes) is 22. The molecule has 390 valence electrons. The Balaban J connectivity index is 2.71. The molecule has 1 aliphatic carbocycles. The van der Waals surface area contributed by atoms with Gasteiger partial charge in [-0.25, -0.2) is 13.7 Å². The minimum absolute atomic E-state index is 0.0188. The van der Waals surface area contributed by atoms with Crippen LogP contribution in [-0.4, -0.2) is 113 Å². The first-order valence-corrected chi connectivity index (χ1v) is 28.8. The molecule has 8 N–H and O–H groups in total. The fourth-order valence-corrected chi connectivity index (χ4v) is 9.83. The number of aliphatic hydroxyl groups is 3. The molecule has 0 heterocycles. The number of phosphoric ester groups is 3. The predicted molar refractivity (Wildman–Crippen MR) is 244 cm³/mol. The van der Waals surface area contributed by atoms with Crippen molar-refractivity contribution in [2.45, 2.75) is 243 Å². The first kappa shape index (κ1) is 62.8. The van der Waals surface area contributed by atoms with E-state index in [9.17, 15) is 67.9 Å². The van der Waals surface area contributed by atoms with Crippen molar-refractivity contribution in [1.29, 1.82) is 0 Å². The summed E-state index contributed by atoms with van der Waals surface area (Å²) in [6.45, 7) is 3.34. The maximum atomic E-state index is 13.1. The van der Waals surface area contributed by atoms with E-state index in [4.69, 9.17) is 18.5 Å². The van der Waals surface area contributed by atoms with Gasteiger partial charge in [0.25, 0.3) is 0 Å². The van der Waals surface area contributed by atoms with Crippen molar-refractivity contribution < 1.29 is 95.4 Å². The topological polar surface area (TPSA) is 320 Å². The monoisotopic (exact) mass is 1010 g/mol. The zero-order valence-corrected chi connectivity index (χ0v) is 42.0. The summed E-state index contributed by atoms with van der Waals surface area (Å²) in [5.74, 6) is -1.17. The molecule has 1 aliphatic rings. The van der Waals surface area contributed by atoms with Crippen molar-refractivity contribution in [2.75, 3.05) is 13.2 Å². The highest BCUT2D eigenvalue weighted by Crippen LogP contribution is 2.51. The van der Waals surface area contributed by atoms with Crippen molar-refractivity contribution in [1.82, 2.24) is 0 Å². The Morgan fingerprint density at radius 1 is 0.470 bits per heavy atom. The molecule has 1 saturated carbocycles. The number of carbonyl (C=O) groups excluding carboxylic acids is 3. The van der Waals surface area contributed by atoms with Crippen molar-refractivity contribution in [3.63, 3.8) is 0 Å². The second kappa shape index (κ2) is 35.8. The second-order valence-corrected chi connectivity index (χ2v) is 21.2. The van der Waals surface area contributed by atoms with Crippen molar-refractivity contribution >= 4 is 41.2 Å². The fraction of sp³-hybridized carbons (Fsp3) is 0.930. The lowest BCUT2D eigenvalue weighted by atomic mass is 9.85. The van der Waals surface area contributed by atoms with E-state index in [1.165, 1.54) is 44.9 Å². The average molecular weight is 1010 g/mol. The summed E-state index contributed by atoms with van der Waals surface area (Å²) in [6, 6.07) is 0. The van der Waals surface area contributed by atoms with E-state index in [0.717, 1.165) is 103 Å². The van der Waals surface area contributed by atoms with Gasteiger partial charge < -0.3 is 49.3 Å². The summed E-state index contributed by atoms with van der Waals surface area (Å²) in [6.07, 6.45) is 10.4. The van der Waals surface area contributed by atoms with E-state index < -0.39 is 91.2 Å².